The van der Waals surface area contributed by atoms with Crippen molar-refractivity contribution in [2.75, 3.05) is 0 Å². The molecule has 1 nitrogen and oxygen atoms in total. The Kier molecular flexibility index (Phi) is 2.62. The van der Waals surface area contributed by atoms with Crippen LogP contribution in [-0.4, -0.2) is 5.79 Å². The molecule has 0 rings (SSSR count). The van der Waals surface area contributed by atoms with Gasteiger partial charge in [-0.3, -0.25) is 5.73 Å². The molecule has 0 heterocycles. The quantitative estimate of drug-likeness (QED) is 0.572. The molecule has 2 atom stereocenters. The fourth-order valence-corrected chi connectivity index (χ4v) is 0.652. The van der Waals surface area contributed by atoms with E-state index in [-0.39, 0.29) is 5.92 Å². The Morgan fingerprint density at radius 2 is 1.67 bits per heavy atom. The van der Waals surface area contributed by atoms with Gasteiger partial charge in [0.15, 0.2) is 5.79 Å². The third kappa shape index (κ3) is 2.80. The lowest BCUT2D eigenvalue weighted by Crippen LogP contribution is -2.40. The highest BCUT2D eigenvalue weighted by molar-refractivity contribution is 4.74. The van der Waals surface area contributed by atoms with E-state index in [1.807, 2.05) is 20.8 Å². The van der Waals surface area contributed by atoms with Crippen LogP contribution < -0.4 is 5.73 Å². The Bertz CT molecular complexity index is 83.4. The van der Waals surface area contributed by atoms with E-state index < -0.39 is 5.79 Å². The second-order valence-corrected chi connectivity index (χ2v) is 3.18. The van der Waals surface area contributed by atoms with E-state index in [0.717, 1.165) is 0 Å². The molecule has 1 unspecified atom stereocenters. The van der Waals surface area contributed by atoms with Crippen molar-refractivity contribution in [2.45, 2.75) is 33.5 Å². The molecule has 0 saturated heterocycles. The average molecular weight is 133 g/mol. The van der Waals surface area contributed by atoms with Gasteiger partial charge in [0.25, 0.3) is 0 Å². The summed E-state index contributed by atoms with van der Waals surface area (Å²) in [5.74, 6) is -1.28. The Morgan fingerprint density at radius 3 is 1.67 bits per heavy atom. The van der Waals surface area contributed by atoms with Crippen molar-refractivity contribution in [3.05, 3.63) is 0 Å². The van der Waals surface area contributed by atoms with E-state index in [2.05, 4.69) is 0 Å². The summed E-state index contributed by atoms with van der Waals surface area (Å²) in [6.07, 6.45) is 0. The third-order valence-corrected chi connectivity index (χ3v) is 1.89. The fourth-order valence-electron chi connectivity index (χ4n) is 0.652. The minimum absolute atomic E-state index is 0.0718. The molecule has 2 N–H and O–H groups in total. The first kappa shape index (κ1) is 8.89. The van der Waals surface area contributed by atoms with Crippen molar-refractivity contribution >= 4 is 0 Å². The van der Waals surface area contributed by atoms with E-state index in [1.54, 1.807) is 0 Å². The predicted octanol–water partition coefficient (Wildman–Crippen LogP) is 1.92. The molecule has 0 saturated carbocycles. The van der Waals surface area contributed by atoms with Crippen molar-refractivity contribution in [3.8, 4) is 0 Å². The minimum Gasteiger partial charge on any atom is -0.299 e. The largest absolute Gasteiger partial charge is 0.299 e. The SMILES string of the molecule is CC(C)[C@@H](C)C(C)(N)F. The predicted molar refractivity (Wildman–Crippen MR) is 37.7 cm³/mol. The number of rotatable bonds is 2. The highest BCUT2D eigenvalue weighted by Crippen LogP contribution is 2.22. The van der Waals surface area contributed by atoms with Crippen LogP contribution in [0.15, 0.2) is 0 Å². The molecule has 0 aromatic rings. The maximum absolute atomic E-state index is 12.8. The van der Waals surface area contributed by atoms with E-state index in [0.29, 0.717) is 5.92 Å². The van der Waals surface area contributed by atoms with Crippen molar-refractivity contribution in [1.29, 1.82) is 0 Å². The molecule has 0 aromatic carbocycles. The summed E-state index contributed by atoms with van der Waals surface area (Å²) in [6, 6.07) is 0. The summed E-state index contributed by atoms with van der Waals surface area (Å²) in [6.45, 7) is 7.17. The fraction of sp³-hybridized carbons (Fsp3) is 1.00. The van der Waals surface area contributed by atoms with Gasteiger partial charge in [0.05, 0.1) is 0 Å². The molecular weight excluding hydrogens is 117 g/mol. The second-order valence-electron chi connectivity index (χ2n) is 3.18. The Balaban J connectivity index is 3.88. The van der Waals surface area contributed by atoms with Crippen LogP contribution in [0, 0.1) is 11.8 Å². The molecule has 0 aliphatic carbocycles. The van der Waals surface area contributed by atoms with Gasteiger partial charge in [-0.1, -0.05) is 20.8 Å². The molecule has 56 valence electrons. The van der Waals surface area contributed by atoms with Crippen LogP contribution in [0.4, 0.5) is 4.39 Å². The number of alkyl halides is 1. The van der Waals surface area contributed by atoms with Crippen LogP contribution in [0.25, 0.3) is 0 Å². The normalized spacial score (nSPS) is 21.7. The van der Waals surface area contributed by atoms with E-state index >= 15 is 0 Å². The first-order valence-electron chi connectivity index (χ1n) is 3.33. The number of hydrogen-bond donors (Lipinski definition) is 1. The molecule has 0 spiro atoms. The molecule has 9 heavy (non-hydrogen) atoms. The summed E-state index contributed by atoms with van der Waals surface area (Å²) in [7, 11) is 0. The zero-order valence-corrected chi connectivity index (χ0v) is 6.61. The lowest BCUT2D eigenvalue weighted by atomic mass is 9.90. The maximum Gasteiger partial charge on any atom is 0.159 e. The summed E-state index contributed by atoms with van der Waals surface area (Å²) in [5.41, 5.74) is 5.21. The third-order valence-electron chi connectivity index (χ3n) is 1.89. The molecule has 0 amide bonds. The first-order chi connectivity index (χ1) is 3.85. The molecule has 0 bridgehead atoms. The number of halogens is 1. The highest BCUT2D eigenvalue weighted by atomic mass is 19.1. The van der Waals surface area contributed by atoms with Crippen molar-refractivity contribution in [1.82, 2.24) is 0 Å². The van der Waals surface area contributed by atoms with Crippen LogP contribution in [0.5, 0.6) is 0 Å². The summed E-state index contributed by atoms with van der Waals surface area (Å²) >= 11 is 0. The Labute approximate surface area is 56.4 Å². The lowest BCUT2D eigenvalue weighted by Gasteiger charge is -2.25. The molecule has 0 aromatic heterocycles. The zero-order valence-electron chi connectivity index (χ0n) is 6.61. The van der Waals surface area contributed by atoms with Crippen LogP contribution in [0.2, 0.25) is 0 Å². The lowest BCUT2D eigenvalue weighted by molar-refractivity contribution is 0.0901. The number of hydrogen-bond acceptors (Lipinski definition) is 1. The van der Waals surface area contributed by atoms with Gasteiger partial charge < -0.3 is 0 Å². The van der Waals surface area contributed by atoms with E-state index in [1.165, 1.54) is 6.92 Å². The topological polar surface area (TPSA) is 26.0 Å². The molecule has 0 radical (unpaired) electrons. The van der Waals surface area contributed by atoms with E-state index in [9.17, 15) is 4.39 Å². The van der Waals surface area contributed by atoms with Crippen LogP contribution in [-0.2, 0) is 0 Å². The minimum atomic E-state index is -1.52. The van der Waals surface area contributed by atoms with Gasteiger partial charge in [0, 0.05) is 5.92 Å². The van der Waals surface area contributed by atoms with Gasteiger partial charge >= 0.3 is 0 Å². The van der Waals surface area contributed by atoms with Crippen LogP contribution >= 0.6 is 0 Å². The second kappa shape index (κ2) is 2.65. The summed E-state index contributed by atoms with van der Waals surface area (Å²) in [4.78, 5) is 0. The average Bonchev–Trinajstić information content (AvgIpc) is 1.62. The van der Waals surface area contributed by atoms with Gasteiger partial charge in [-0.2, -0.15) is 0 Å². The van der Waals surface area contributed by atoms with Crippen LogP contribution in [0.1, 0.15) is 27.7 Å². The van der Waals surface area contributed by atoms with Gasteiger partial charge in [-0.05, 0) is 12.8 Å². The molecule has 2 heteroatoms. The molecular formula is C7H16FN. The molecule has 0 aliphatic heterocycles. The summed E-state index contributed by atoms with van der Waals surface area (Å²) < 4.78 is 12.8. The Hall–Kier alpha value is -0.110. The van der Waals surface area contributed by atoms with E-state index in [4.69, 9.17) is 5.73 Å². The number of nitrogens with two attached hydrogens (primary N) is 1. The van der Waals surface area contributed by atoms with Gasteiger partial charge in [-0.25, -0.2) is 4.39 Å². The molecule has 0 aliphatic rings. The monoisotopic (exact) mass is 133 g/mol. The van der Waals surface area contributed by atoms with Crippen molar-refractivity contribution < 1.29 is 4.39 Å². The summed E-state index contributed by atoms with van der Waals surface area (Å²) in [5, 5.41) is 0. The van der Waals surface area contributed by atoms with Gasteiger partial charge in [0.1, 0.15) is 0 Å². The Morgan fingerprint density at radius 1 is 1.33 bits per heavy atom. The highest BCUT2D eigenvalue weighted by Gasteiger charge is 2.27. The first-order valence-corrected chi connectivity index (χ1v) is 3.33. The van der Waals surface area contributed by atoms with Gasteiger partial charge in [-0.15, -0.1) is 0 Å². The van der Waals surface area contributed by atoms with Crippen LogP contribution in [0.3, 0.4) is 0 Å². The van der Waals surface area contributed by atoms with Gasteiger partial charge in [0.2, 0.25) is 0 Å². The van der Waals surface area contributed by atoms with Crippen molar-refractivity contribution in [3.63, 3.8) is 0 Å². The zero-order chi connectivity index (χ0) is 7.65. The van der Waals surface area contributed by atoms with Crippen molar-refractivity contribution in [2.24, 2.45) is 17.6 Å². The molecule has 0 fully saturated rings. The smallest absolute Gasteiger partial charge is 0.159 e. The standard InChI is InChI=1S/C7H16FN/c1-5(2)6(3)7(4,8)9/h5-6H,9H2,1-4H3/t6-,7?/m1/s1. The maximum atomic E-state index is 12.8.